The van der Waals surface area contributed by atoms with Crippen LogP contribution < -0.4 is 14.2 Å². The fraction of sp³-hybridized carbons (Fsp3) is 0.290. The summed E-state index contributed by atoms with van der Waals surface area (Å²) in [6.45, 7) is 13.2. The number of hydrogen-bond donors (Lipinski definition) is 0. The zero-order valence-electron chi connectivity index (χ0n) is 22.5. The van der Waals surface area contributed by atoms with Gasteiger partial charge in [-0.05, 0) is 112 Å². The van der Waals surface area contributed by atoms with Crippen LogP contribution in [0, 0.1) is 13.8 Å². The molecule has 2 aromatic rings. The number of ether oxygens (including phenoxy) is 3. The van der Waals surface area contributed by atoms with Gasteiger partial charge in [0.05, 0.1) is 7.11 Å². The molecule has 0 unspecified atom stereocenters. The van der Waals surface area contributed by atoms with Gasteiger partial charge in [0.15, 0.2) is 11.5 Å². The number of allylic oxidation sites excluding steroid dienone is 4. The number of aldehydes is 2. The van der Waals surface area contributed by atoms with Crippen molar-refractivity contribution in [3.8, 4) is 17.2 Å². The number of carbonyl (C=O) groups is 2. The van der Waals surface area contributed by atoms with Crippen molar-refractivity contribution in [3.63, 3.8) is 0 Å². The van der Waals surface area contributed by atoms with E-state index in [4.69, 9.17) is 14.2 Å². The predicted molar refractivity (Wildman–Crippen MR) is 149 cm³/mol. The van der Waals surface area contributed by atoms with Gasteiger partial charge in [-0.1, -0.05) is 29.4 Å². The summed E-state index contributed by atoms with van der Waals surface area (Å²) in [5.41, 5.74) is 6.42. The molecule has 0 radical (unpaired) electrons. The molecule has 0 amide bonds. The summed E-state index contributed by atoms with van der Waals surface area (Å²) in [4.78, 5) is 20.6. The lowest BCUT2D eigenvalue weighted by Gasteiger charge is -2.13. The minimum absolute atomic E-state index is 0.517. The molecule has 0 N–H and O–H groups in total. The molecule has 0 aromatic heterocycles. The zero-order valence-corrected chi connectivity index (χ0v) is 22.5. The van der Waals surface area contributed by atoms with Crippen molar-refractivity contribution in [2.45, 2.75) is 41.5 Å². The Kier molecular flexibility index (Phi) is 14.0. The molecule has 2 aromatic carbocycles. The Balaban J connectivity index is 0.000000362. The smallest absolute Gasteiger partial charge is 0.164 e. The van der Waals surface area contributed by atoms with Crippen molar-refractivity contribution >= 4 is 24.7 Å². The predicted octanol–water partition coefficient (Wildman–Crippen LogP) is 7.11. The van der Waals surface area contributed by atoms with Gasteiger partial charge in [0.2, 0.25) is 0 Å². The van der Waals surface area contributed by atoms with E-state index >= 15 is 0 Å². The third kappa shape index (κ3) is 11.5. The average molecular weight is 491 g/mol. The van der Waals surface area contributed by atoms with Crippen LogP contribution in [0.2, 0.25) is 0 Å². The second-order valence-electron chi connectivity index (χ2n) is 8.57. The highest BCUT2D eigenvalue weighted by Crippen LogP contribution is 2.33. The number of rotatable bonds is 11. The summed E-state index contributed by atoms with van der Waals surface area (Å²) in [5.74, 6) is 2.29. The topological polar surface area (TPSA) is 61.8 Å². The third-order valence-corrected chi connectivity index (χ3v) is 4.87. The molecule has 192 valence electrons. The Bertz CT molecular complexity index is 1110. The molecule has 0 aliphatic rings. The van der Waals surface area contributed by atoms with Crippen LogP contribution in [-0.2, 0) is 9.59 Å². The van der Waals surface area contributed by atoms with Gasteiger partial charge in [-0.2, -0.15) is 0 Å². The minimum Gasteiger partial charge on any atom is -0.493 e. The second-order valence-corrected chi connectivity index (χ2v) is 8.57. The van der Waals surface area contributed by atoms with Gasteiger partial charge in [0.25, 0.3) is 0 Å². The van der Waals surface area contributed by atoms with Crippen molar-refractivity contribution < 1.29 is 23.8 Å². The summed E-state index contributed by atoms with van der Waals surface area (Å²) in [6, 6.07) is 9.67. The molecule has 0 spiro atoms. The largest absolute Gasteiger partial charge is 0.493 e. The lowest BCUT2D eigenvalue weighted by atomic mass is 10.1. The van der Waals surface area contributed by atoms with Crippen LogP contribution in [0.4, 0.5) is 0 Å². The normalized spacial score (nSPS) is 10.3. The molecule has 0 heterocycles. The second kappa shape index (κ2) is 16.7. The van der Waals surface area contributed by atoms with Crippen molar-refractivity contribution in [3.05, 3.63) is 88.0 Å². The zero-order chi connectivity index (χ0) is 26.9. The highest BCUT2D eigenvalue weighted by atomic mass is 16.5. The van der Waals surface area contributed by atoms with E-state index in [0.717, 1.165) is 46.3 Å². The molecule has 5 nitrogen and oxygen atoms in total. The van der Waals surface area contributed by atoms with Crippen LogP contribution >= 0.6 is 0 Å². The molecule has 0 fully saturated rings. The van der Waals surface area contributed by atoms with Gasteiger partial charge in [-0.15, -0.1) is 0 Å². The van der Waals surface area contributed by atoms with Gasteiger partial charge in [-0.3, -0.25) is 9.59 Å². The van der Waals surface area contributed by atoms with Crippen molar-refractivity contribution in [1.29, 1.82) is 0 Å². The molecule has 0 bridgehead atoms. The monoisotopic (exact) mass is 490 g/mol. The van der Waals surface area contributed by atoms with E-state index in [1.165, 1.54) is 23.3 Å². The Labute approximate surface area is 215 Å². The molecule has 36 heavy (non-hydrogen) atoms. The van der Waals surface area contributed by atoms with Gasteiger partial charge in [-0.25, -0.2) is 0 Å². The fourth-order valence-corrected chi connectivity index (χ4v) is 3.03. The van der Waals surface area contributed by atoms with E-state index in [2.05, 4.69) is 0 Å². The molecule has 0 aliphatic carbocycles. The van der Waals surface area contributed by atoms with E-state index < -0.39 is 0 Å². The summed E-state index contributed by atoms with van der Waals surface area (Å²) in [5, 5.41) is 0. The number of aryl methyl sites for hydroxylation is 2. The maximum Gasteiger partial charge on any atom is 0.164 e. The number of carbonyl (C=O) groups excluding carboxylic acids is 2. The Morgan fingerprint density at radius 3 is 1.81 bits per heavy atom. The summed E-state index contributed by atoms with van der Waals surface area (Å²) < 4.78 is 16.7. The number of hydrogen-bond acceptors (Lipinski definition) is 5. The summed E-state index contributed by atoms with van der Waals surface area (Å²) in [6.07, 6.45) is 12.0. The standard InChI is InChI=1S/C16H20O3.C15H18O2/c1-12(2)7-9-19-16-13(3)10-14(6-5-8-17)11-15(16)18-4;1-12(2)8-10-17-15-7-6-14(5-4-9-16)11-13(15)3/h5-8,10-11H,9H2,1-4H3;4-9,11H,10H2,1-3H3/b6-5+;5-4+. The van der Waals surface area contributed by atoms with Crippen LogP contribution in [0.25, 0.3) is 12.2 Å². The number of methoxy groups -OCH3 is 1. The summed E-state index contributed by atoms with van der Waals surface area (Å²) in [7, 11) is 1.61. The molecule has 0 saturated carbocycles. The number of benzene rings is 2. The summed E-state index contributed by atoms with van der Waals surface area (Å²) >= 11 is 0. The molecule has 0 atom stereocenters. The highest BCUT2D eigenvalue weighted by Gasteiger charge is 2.09. The maximum atomic E-state index is 10.3. The lowest BCUT2D eigenvalue weighted by Crippen LogP contribution is -1.99. The first kappa shape index (κ1) is 30.2. The van der Waals surface area contributed by atoms with Crippen molar-refractivity contribution in [2.24, 2.45) is 0 Å². The third-order valence-electron chi connectivity index (χ3n) is 4.87. The minimum atomic E-state index is 0.517. The van der Waals surface area contributed by atoms with Crippen molar-refractivity contribution in [2.75, 3.05) is 20.3 Å². The molecule has 0 saturated heterocycles. The Morgan fingerprint density at radius 1 is 0.722 bits per heavy atom. The lowest BCUT2D eigenvalue weighted by molar-refractivity contribution is -0.104. The van der Waals surface area contributed by atoms with E-state index in [9.17, 15) is 9.59 Å². The molecular formula is C31H38O5. The van der Waals surface area contributed by atoms with E-state index in [0.29, 0.717) is 19.0 Å². The van der Waals surface area contributed by atoms with Crippen LogP contribution in [-0.4, -0.2) is 32.9 Å². The molecule has 0 aliphatic heterocycles. The highest BCUT2D eigenvalue weighted by molar-refractivity contribution is 5.75. The van der Waals surface area contributed by atoms with Gasteiger partial charge < -0.3 is 14.2 Å². The first-order valence-corrected chi connectivity index (χ1v) is 11.8. The van der Waals surface area contributed by atoms with Crippen LogP contribution in [0.1, 0.15) is 49.9 Å². The van der Waals surface area contributed by atoms with E-state index in [1.54, 1.807) is 19.3 Å². The molecular weight excluding hydrogens is 452 g/mol. The van der Waals surface area contributed by atoms with Crippen LogP contribution in [0.5, 0.6) is 17.2 Å². The van der Waals surface area contributed by atoms with Gasteiger partial charge in [0, 0.05) is 0 Å². The Morgan fingerprint density at radius 2 is 1.28 bits per heavy atom. The van der Waals surface area contributed by atoms with Gasteiger partial charge in [0.1, 0.15) is 31.5 Å². The van der Waals surface area contributed by atoms with Crippen molar-refractivity contribution in [1.82, 2.24) is 0 Å². The molecule has 2 rings (SSSR count). The van der Waals surface area contributed by atoms with Crippen LogP contribution in [0.15, 0.2) is 65.8 Å². The first-order chi connectivity index (χ1) is 17.2. The van der Waals surface area contributed by atoms with E-state index in [-0.39, 0.29) is 0 Å². The first-order valence-electron chi connectivity index (χ1n) is 11.8. The Hall–Kier alpha value is -3.86. The fourth-order valence-electron chi connectivity index (χ4n) is 3.03. The SMILES string of the molecule is CC(C)=CCOc1ccc(/C=C/C=O)cc1C.COc1cc(/C=C/C=O)cc(C)c1OCC=C(C)C. The van der Waals surface area contributed by atoms with Crippen LogP contribution in [0.3, 0.4) is 0 Å². The quantitative estimate of drug-likeness (QED) is 0.191. The average Bonchev–Trinajstić information content (AvgIpc) is 2.83. The maximum absolute atomic E-state index is 10.3. The molecule has 5 heteroatoms. The van der Waals surface area contributed by atoms with E-state index in [1.807, 2.05) is 84.0 Å². The van der Waals surface area contributed by atoms with Gasteiger partial charge >= 0.3 is 0 Å².